The molecule has 2 N–H and O–H groups in total. The molecular weight excluding hydrogens is 224 g/mol. The second-order valence-corrected chi connectivity index (χ2v) is 5.30. The van der Waals surface area contributed by atoms with Crippen LogP contribution in [0.5, 0.6) is 0 Å². The topological polar surface area (TPSA) is 46.3 Å². The van der Waals surface area contributed by atoms with Crippen LogP contribution in [-0.4, -0.2) is 23.9 Å². The summed E-state index contributed by atoms with van der Waals surface area (Å²) in [6.45, 7) is 5.94. The Bertz CT molecular complexity index is 422. The largest absolute Gasteiger partial charge is 0.399 e. The zero-order valence-corrected chi connectivity index (χ0v) is 11.3. The average Bonchev–Trinajstić information content (AvgIpc) is 2.37. The molecule has 1 saturated heterocycles. The van der Waals surface area contributed by atoms with Gasteiger partial charge >= 0.3 is 0 Å². The molecule has 1 amide bonds. The second-order valence-electron chi connectivity index (χ2n) is 5.30. The summed E-state index contributed by atoms with van der Waals surface area (Å²) in [5.41, 5.74) is 8.25. The first-order valence-corrected chi connectivity index (χ1v) is 6.76. The van der Waals surface area contributed by atoms with Gasteiger partial charge in [0.1, 0.15) is 0 Å². The van der Waals surface area contributed by atoms with Gasteiger partial charge in [-0.1, -0.05) is 13.3 Å². The van der Waals surface area contributed by atoms with Crippen LogP contribution in [-0.2, 0) is 0 Å². The molecule has 0 spiro atoms. The number of carbonyl (C=O) groups is 1. The maximum absolute atomic E-state index is 12.4. The molecule has 18 heavy (non-hydrogen) atoms. The van der Waals surface area contributed by atoms with Crippen molar-refractivity contribution >= 4 is 11.6 Å². The number of likely N-dealkylation sites (tertiary alicyclic amines) is 1. The van der Waals surface area contributed by atoms with Crippen molar-refractivity contribution in [3.05, 3.63) is 29.3 Å². The Labute approximate surface area is 109 Å². The molecule has 1 aliphatic rings. The number of nitrogens with zero attached hydrogens (tertiary/aromatic N) is 1. The lowest BCUT2D eigenvalue weighted by molar-refractivity contribution is 0.0671. The van der Waals surface area contributed by atoms with E-state index in [1.807, 2.05) is 24.0 Å². The number of amides is 1. The fourth-order valence-electron chi connectivity index (χ4n) is 2.70. The van der Waals surface area contributed by atoms with Gasteiger partial charge in [0.2, 0.25) is 0 Å². The quantitative estimate of drug-likeness (QED) is 0.816. The summed E-state index contributed by atoms with van der Waals surface area (Å²) < 4.78 is 0. The smallest absolute Gasteiger partial charge is 0.253 e. The lowest BCUT2D eigenvalue weighted by Gasteiger charge is -2.32. The van der Waals surface area contributed by atoms with Crippen molar-refractivity contribution in [3.63, 3.8) is 0 Å². The van der Waals surface area contributed by atoms with E-state index in [1.165, 1.54) is 6.42 Å². The molecule has 1 aromatic rings. The molecule has 98 valence electrons. The Morgan fingerprint density at radius 3 is 2.89 bits per heavy atom. The van der Waals surface area contributed by atoms with Crippen LogP contribution < -0.4 is 5.73 Å². The zero-order valence-electron chi connectivity index (χ0n) is 11.3. The number of carbonyl (C=O) groups excluding carboxylic acids is 1. The number of hydrogen-bond acceptors (Lipinski definition) is 2. The SMILES string of the molecule is CCC1CCCN(C(=O)c2cc(C)cc(N)c2)C1. The highest BCUT2D eigenvalue weighted by atomic mass is 16.2. The first-order chi connectivity index (χ1) is 8.60. The van der Waals surface area contributed by atoms with Gasteiger partial charge < -0.3 is 10.6 Å². The van der Waals surface area contributed by atoms with Crippen molar-refractivity contribution in [2.24, 2.45) is 5.92 Å². The number of anilines is 1. The minimum absolute atomic E-state index is 0.128. The molecule has 0 aromatic heterocycles. The average molecular weight is 246 g/mol. The lowest BCUT2D eigenvalue weighted by atomic mass is 9.95. The Hall–Kier alpha value is -1.51. The van der Waals surface area contributed by atoms with Gasteiger partial charge in [0.05, 0.1) is 0 Å². The summed E-state index contributed by atoms with van der Waals surface area (Å²) in [5.74, 6) is 0.786. The summed E-state index contributed by atoms with van der Waals surface area (Å²) in [5, 5.41) is 0. The molecule has 2 rings (SSSR count). The van der Waals surface area contributed by atoms with Crippen LogP contribution in [0.15, 0.2) is 18.2 Å². The van der Waals surface area contributed by atoms with Gasteiger partial charge in [-0.15, -0.1) is 0 Å². The Morgan fingerprint density at radius 1 is 1.44 bits per heavy atom. The Kier molecular flexibility index (Phi) is 3.90. The third-order valence-corrected chi connectivity index (χ3v) is 3.73. The van der Waals surface area contributed by atoms with E-state index in [9.17, 15) is 4.79 Å². The number of rotatable bonds is 2. The van der Waals surface area contributed by atoms with Gasteiger partial charge in [0.25, 0.3) is 5.91 Å². The van der Waals surface area contributed by atoms with E-state index in [-0.39, 0.29) is 5.91 Å². The Balaban J connectivity index is 2.15. The fourth-order valence-corrected chi connectivity index (χ4v) is 2.70. The van der Waals surface area contributed by atoms with E-state index in [0.717, 1.165) is 37.1 Å². The van der Waals surface area contributed by atoms with Crippen LogP contribution in [0.4, 0.5) is 5.69 Å². The van der Waals surface area contributed by atoms with Crippen molar-refractivity contribution in [1.82, 2.24) is 4.90 Å². The lowest BCUT2D eigenvalue weighted by Crippen LogP contribution is -2.39. The fraction of sp³-hybridized carbons (Fsp3) is 0.533. The molecule has 1 unspecified atom stereocenters. The maximum atomic E-state index is 12.4. The van der Waals surface area contributed by atoms with Crippen molar-refractivity contribution in [1.29, 1.82) is 0 Å². The maximum Gasteiger partial charge on any atom is 0.253 e. The summed E-state index contributed by atoms with van der Waals surface area (Å²) >= 11 is 0. The molecule has 0 aliphatic carbocycles. The number of benzene rings is 1. The highest BCUT2D eigenvalue weighted by Gasteiger charge is 2.23. The van der Waals surface area contributed by atoms with Crippen LogP contribution in [0, 0.1) is 12.8 Å². The van der Waals surface area contributed by atoms with Gasteiger partial charge in [-0.05, 0) is 49.4 Å². The van der Waals surface area contributed by atoms with Crippen LogP contribution in [0.3, 0.4) is 0 Å². The molecule has 3 heteroatoms. The minimum Gasteiger partial charge on any atom is -0.399 e. The van der Waals surface area contributed by atoms with E-state index >= 15 is 0 Å². The highest BCUT2D eigenvalue weighted by molar-refractivity contribution is 5.95. The molecule has 0 bridgehead atoms. The molecule has 1 atom stereocenters. The first-order valence-electron chi connectivity index (χ1n) is 6.76. The third kappa shape index (κ3) is 2.84. The molecule has 3 nitrogen and oxygen atoms in total. The normalized spacial score (nSPS) is 19.9. The van der Waals surface area contributed by atoms with Gasteiger partial charge in [-0.2, -0.15) is 0 Å². The molecule has 1 aromatic carbocycles. The summed E-state index contributed by atoms with van der Waals surface area (Å²) in [4.78, 5) is 14.4. The van der Waals surface area contributed by atoms with Gasteiger partial charge in [-0.3, -0.25) is 4.79 Å². The van der Waals surface area contributed by atoms with Crippen LogP contribution in [0.1, 0.15) is 42.1 Å². The van der Waals surface area contributed by atoms with E-state index in [0.29, 0.717) is 11.6 Å². The van der Waals surface area contributed by atoms with Crippen molar-refractivity contribution in [2.75, 3.05) is 18.8 Å². The van der Waals surface area contributed by atoms with Crippen molar-refractivity contribution in [2.45, 2.75) is 33.1 Å². The number of nitrogen functional groups attached to an aromatic ring is 1. The molecule has 1 heterocycles. The number of nitrogens with two attached hydrogens (primary N) is 1. The summed E-state index contributed by atoms with van der Waals surface area (Å²) in [6, 6.07) is 5.60. The predicted molar refractivity (Wildman–Crippen MR) is 74.5 cm³/mol. The Morgan fingerprint density at radius 2 is 2.22 bits per heavy atom. The molecular formula is C15H22N2O. The third-order valence-electron chi connectivity index (χ3n) is 3.73. The molecule has 1 aliphatic heterocycles. The van der Waals surface area contributed by atoms with E-state index in [2.05, 4.69) is 6.92 Å². The van der Waals surface area contributed by atoms with Crippen LogP contribution >= 0.6 is 0 Å². The van der Waals surface area contributed by atoms with Crippen LogP contribution in [0.25, 0.3) is 0 Å². The standard InChI is InChI=1S/C15H22N2O/c1-3-12-5-4-6-17(10-12)15(18)13-7-11(2)8-14(16)9-13/h7-9,12H,3-6,10,16H2,1-2H3. The molecule has 0 radical (unpaired) electrons. The first kappa shape index (κ1) is 12.9. The van der Waals surface area contributed by atoms with Crippen molar-refractivity contribution < 1.29 is 4.79 Å². The summed E-state index contributed by atoms with van der Waals surface area (Å²) in [6.07, 6.45) is 3.52. The molecule has 0 saturated carbocycles. The van der Waals surface area contributed by atoms with Crippen LogP contribution in [0.2, 0.25) is 0 Å². The van der Waals surface area contributed by atoms with Gasteiger partial charge in [0, 0.05) is 24.3 Å². The van der Waals surface area contributed by atoms with Crippen molar-refractivity contribution in [3.8, 4) is 0 Å². The zero-order chi connectivity index (χ0) is 13.1. The predicted octanol–water partition coefficient (Wildman–Crippen LogP) is 2.84. The van der Waals surface area contributed by atoms with Gasteiger partial charge in [-0.25, -0.2) is 0 Å². The number of aryl methyl sites for hydroxylation is 1. The highest BCUT2D eigenvalue weighted by Crippen LogP contribution is 2.22. The molecule has 1 fully saturated rings. The second kappa shape index (κ2) is 5.42. The van der Waals surface area contributed by atoms with E-state index < -0.39 is 0 Å². The van der Waals surface area contributed by atoms with Gasteiger partial charge in [0.15, 0.2) is 0 Å². The van der Waals surface area contributed by atoms with E-state index in [4.69, 9.17) is 5.73 Å². The number of hydrogen-bond donors (Lipinski definition) is 1. The summed E-state index contributed by atoms with van der Waals surface area (Å²) in [7, 11) is 0. The monoisotopic (exact) mass is 246 g/mol. The minimum atomic E-state index is 0.128. The number of piperidine rings is 1. The van der Waals surface area contributed by atoms with E-state index in [1.54, 1.807) is 6.07 Å².